The highest BCUT2D eigenvalue weighted by molar-refractivity contribution is 6.31. The van der Waals surface area contributed by atoms with Crippen LogP contribution in [-0.4, -0.2) is 64.1 Å². The molecule has 0 spiro atoms. The second-order valence-corrected chi connectivity index (χ2v) is 12.7. The summed E-state index contributed by atoms with van der Waals surface area (Å²) in [5, 5.41) is 12.7. The molecule has 2 aliphatic heterocycles. The van der Waals surface area contributed by atoms with Crippen LogP contribution in [0.15, 0.2) is 30.6 Å². The van der Waals surface area contributed by atoms with Crippen molar-refractivity contribution in [3.63, 3.8) is 0 Å². The lowest BCUT2D eigenvalue weighted by molar-refractivity contribution is 0.0806. The average Bonchev–Trinajstić information content (AvgIpc) is 3.66. The fourth-order valence-electron chi connectivity index (χ4n) is 6.76. The fraction of sp³-hybridized carbons (Fsp3) is 0.500. The van der Waals surface area contributed by atoms with E-state index in [1.165, 1.54) is 12.4 Å². The van der Waals surface area contributed by atoms with E-state index in [1.807, 2.05) is 0 Å². The van der Waals surface area contributed by atoms with Crippen LogP contribution in [0.25, 0.3) is 10.9 Å². The fourth-order valence-corrected chi connectivity index (χ4v) is 6.93. The van der Waals surface area contributed by atoms with Gasteiger partial charge >= 0.3 is 6.09 Å². The number of carboxylic acid groups (broad SMARTS) is 1. The Balaban J connectivity index is 1.32. The Morgan fingerprint density at radius 3 is 2.62 bits per heavy atom. The first-order valence-corrected chi connectivity index (χ1v) is 14.5. The molecule has 1 amide bonds. The maximum Gasteiger partial charge on any atom is 0.407 e. The summed E-state index contributed by atoms with van der Waals surface area (Å²) >= 11 is 5.79. The predicted octanol–water partition coefficient (Wildman–Crippen LogP) is 6.65. The van der Waals surface area contributed by atoms with E-state index >= 15 is 0 Å². The van der Waals surface area contributed by atoms with Gasteiger partial charge in [-0.2, -0.15) is 0 Å². The molecule has 2 saturated heterocycles. The van der Waals surface area contributed by atoms with Crippen molar-refractivity contribution >= 4 is 40.1 Å². The number of nitrogens with one attached hydrogen (secondary N) is 1. The van der Waals surface area contributed by atoms with Gasteiger partial charge in [0.1, 0.15) is 29.1 Å². The molecule has 3 heterocycles. The quantitative estimate of drug-likeness (QED) is 0.302. The zero-order chi connectivity index (χ0) is 29.8. The zero-order valence-corrected chi connectivity index (χ0v) is 24.3. The molecule has 12 heteroatoms. The number of hydrogen-bond donors (Lipinski definition) is 2. The van der Waals surface area contributed by atoms with Gasteiger partial charge in [0.05, 0.1) is 30.5 Å². The highest BCUT2D eigenvalue weighted by Gasteiger charge is 2.53. The van der Waals surface area contributed by atoms with Crippen molar-refractivity contribution in [3.8, 4) is 11.5 Å². The first-order chi connectivity index (χ1) is 20.0. The number of hydrogen-bond acceptors (Lipinski definition) is 7. The molecule has 6 rings (SSSR count). The minimum Gasteiger partial charge on any atom is -0.486 e. The number of nitrogens with zero attached hydrogens (tertiary/aromatic N) is 3. The summed E-state index contributed by atoms with van der Waals surface area (Å²) in [7, 11) is 0. The smallest absolute Gasteiger partial charge is 0.407 e. The van der Waals surface area contributed by atoms with Gasteiger partial charge in [-0.1, -0.05) is 32.4 Å². The lowest BCUT2D eigenvalue weighted by atomic mass is 9.77. The first-order valence-electron chi connectivity index (χ1n) is 14.1. The first kappa shape index (κ1) is 28.7. The highest BCUT2D eigenvalue weighted by Crippen LogP contribution is 2.50. The summed E-state index contributed by atoms with van der Waals surface area (Å²) in [5.74, 6) is -0.145. The summed E-state index contributed by atoms with van der Waals surface area (Å²) in [4.78, 5) is 22.3. The minimum atomic E-state index is -0.928. The molecule has 1 aromatic heterocycles. The van der Waals surface area contributed by atoms with Crippen molar-refractivity contribution in [2.75, 3.05) is 25.1 Å². The Morgan fingerprint density at radius 1 is 1.14 bits per heavy atom. The van der Waals surface area contributed by atoms with E-state index in [1.54, 1.807) is 17.0 Å². The van der Waals surface area contributed by atoms with Crippen LogP contribution in [0.1, 0.15) is 40.0 Å². The molecule has 5 atom stereocenters. The molecule has 224 valence electrons. The molecule has 0 radical (unpaired) electrons. The molecule has 2 unspecified atom stereocenters. The number of ether oxygens (including phenoxy) is 3. The molecule has 2 aromatic carbocycles. The van der Waals surface area contributed by atoms with E-state index in [0.29, 0.717) is 55.0 Å². The average molecular weight is 603 g/mol. The second-order valence-electron chi connectivity index (χ2n) is 12.4. The van der Waals surface area contributed by atoms with Gasteiger partial charge in [-0.05, 0) is 48.3 Å². The summed E-state index contributed by atoms with van der Waals surface area (Å²) < 4.78 is 46.9. The van der Waals surface area contributed by atoms with Crippen LogP contribution in [0.3, 0.4) is 0 Å². The molecule has 3 fully saturated rings. The lowest BCUT2D eigenvalue weighted by Crippen LogP contribution is -2.45. The van der Waals surface area contributed by atoms with Crippen LogP contribution in [0.4, 0.5) is 25.1 Å². The maximum atomic E-state index is 14.7. The Labute approximate surface area is 247 Å². The van der Waals surface area contributed by atoms with E-state index in [0.717, 1.165) is 12.5 Å². The van der Waals surface area contributed by atoms with Crippen LogP contribution in [0.5, 0.6) is 11.5 Å². The molecule has 1 saturated carbocycles. The molecule has 0 bridgehead atoms. The molecule has 3 aromatic rings. The number of anilines is 2. The SMILES string of the molecule is CC(C)(C)C1[C@H]2CC(Oc3cc4c(Nc5ccc(F)c(Cl)c5F)ncnc4cc3O[C@H]3CCOC3)C[C@H]2CN1C(=O)O. The van der Waals surface area contributed by atoms with Crippen molar-refractivity contribution in [1.29, 1.82) is 0 Å². The van der Waals surface area contributed by atoms with Gasteiger partial charge in [0.25, 0.3) is 0 Å². The molecule has 3 aliphatic rings. The summed E-state index contributed by atoms with van der Waals surface area (Å²) in [6.45, 7) is 7.79. The summed E-state index contributed by atoms with van der Waals surface area (Å²) in [6, 6.07) is 5.75. The van der Waals surface area contributed by atoms with E-state index in [9.17, 15) is 18.7 Å². The summed E-state index contributed by atoms with van der Waals surface area (Å²) in [5.41, 5.74) is 0.283. The summed E-state index contributed by atoms with van der Waals surface area (Å²) in [6.07, 6.45) is 2.31. The normalized spacial score (nSPS) is 25.6. The maximum absolute atomic E-state index is 14.7. The zero-order valence-electron chi connectivity index (χ0n) is 23.6. The third-order valence-electron chi connectivity index (χ3n) is 8.48. The molecule has 1 aliphatic carbocycles. The van der Waals surface area contributed by atoms with E-state index in [-0.39, 0.29) is 47.0 Å². The number of likely N-dealkylation sites (tertiary alicyclic amines) is 1. The van der Waals surface area contributed by atoms with Crippen molar-refractivity contribution in [2.24, 2.45) is 17.3 Å². The third-order valence-corrected chi connectivity index (χ3v) is 8.82. The Morgan fingerprint density at radius 2 is 1.90 bits per heavy atom. The predicted molar refractivity (Wildman–Crippen MR) is 153 cm³/mol. The van der Waals surface area contributed by atoms with Crippen molar-refractivity contribution in [3.05, 3.63) is 47.2 Å². The number of fused-ring (bicyclic) bond motifs is 2. The third kappa shape index (κ3) is 5.40. The van der Waals surface area contributed by atoms with Crippen molar-refractivity contribution in [2.45, 2.75) is 58.3 Å². The Bertz CT molecular complexity index is 1510. The Hall–Kier alpha value is -3.44. The number of amides is 1. The minimum absolute atomic E-state index is 0.0351. The monoisotopic (exact) mass is 602 g/mol. The second kappa shape index (κ2) is 11.0. The molecular formula is C30H33ClF2N4O5. The molecule has 9 nitrogen and oxygen atoms in total. The number of carbonyl (C=O) groups is 1. The van der Waals surface area contributed by atoms with Gasteiger partial charge < -0.3 is 29.5 Å². The number of halogens is 3. The lowest BCUT2D eigenvalue weighted by Gasteiger charge is -2.37. The van der Waals surface area contributed by atoms with Crippen molar-refractivity contribution in [1.82, 2.24) is 14.9 Å². The Kier molecular flexibility index (Phi) is 7.51. The van der Waals surface area contributed by atoms with Crippen LogP contribution < -0.4 is 14.8 Å². The molecular weight excluding hydrogens is 570 g/mol. The van der Waals surface area contributed by atoms with Crippen LogP contribution in [0.2, 0.25) is 5.02 Å². The van der Waals surface area contributed by atoms with Crippen molar-refractivity contribution < 1.29 is 32.9 Å². The number of rotatable bonds is 6. The van der Waals surface area contributed by atoms with Gasteiger partial charge in [0.15, 0.2) is 17.3 Å². The highest BCUT2D eigenvalue weighted by atomic mass is 35.5. The van der Waals surface area contributed by atoms with Gasteiger partial charge in [-0.3, -0.25) is 0 Å². The van der Waals surface area contributed by atoms with Gasteiger partial charge in [0.2, 0.25) is 0 Å². The van der Waals surface area contributed by atoms with E-state index in [4.69, 9.17) is 25.8 Å². The van der Waals surface area contributed by atoms with Gasteiger partial charge in [0, 0.05) is 30.5 Å². The van der Waals surface area contributed by atoms with Crippen LogP contribution in [0, 0.1) is 28.9 Å². The van der Waals surface area contributed by atoms with Crippen LogP contribution in [-0.2, 0) is 4.74 Å². The number of benzene rings is 2. The van der Waals surface area contributed by atoms with E-state index in [2.05, 4.69) is 36.1 Å². The van der Waals surface area contributed by atoms with Gasteiger partial charge in [-0.15, -0.1) is 0 Å². The largest absolute Gasteiger partial charge is 0.486 e. The number of aromatic nitrogens is 2. The molecule has 2 N–H and O–H groups in total. The topological polar surface area (TPSA) is 106 Å². The van der Waals surface area contributed by atoms with Crippen LogP contribution >= 0.6 is 11.6 Å². The van der Waals surface area contributed by atoms with Gasteiger partial charge in [-0.25, -0.2) is 23.5 Å². The molecule has 42 heavy (non-hydrogen) atoms. The van der Waals surface area contributed by atoms with E-state index < -0.39 is 22.8 Å². The standard InChI is InChI=1S/C30H33ClF2N4O5/c1-30(2,3)27-18-9-17(8-15(18)12-37(27)29(38)39)42-23-10-19-22(11-24(23)41-16-6-7-40-13-16)34-14-35-28(19)36-21-5-4-20(32)25(31)26(21)33/h4-5,10-11,14-18,27H,6-9,12-13H2,1-3H3,(H,38,39)(H,34,35,36)/t15-,16-,17?,18-,27?/m0/s1.